The van der Waals surface area contributed by atoms with Crippen LogP contribution in [0.4, 0.5) is 5.69 Å². The first kappa shape index (κ1) is 9.86. The Balaban J connectivity index is 2.81. The SMILES string of the molecule is CNC(C)Oc1cc(N)ccc1C. The fourth-order valence-corrected chi connectivity index (χ4v) is 0.993. The normalized spacial score (nSPS) is 12.5. The van der Waals surface area contributed by atoms with Gasteiger partial charge >= 0.3 is 0 Å². The summed E-state index contributed by atoms with van der Waals surface area (Å²) in [6, 6.07) is 5.66. The molecule has 0 radical (unpaired) electrons. The predicted octanol–water partition coefficient (Wildman–Crippen LogP) is 1.52. The van der Waals surface area contributed by atoms with Crippen molar-refractivity contribution in [1.82, 2.24) is 5.32 Å². The lowest BCUT2D eigenvalue weighted by Crippen LogP contribution is -2.27. The van der Waals surface area contributed by atoms with Gasteiger partial charge in [-0.1, -0.05) is 6.07 Å². The van der Waals surface area contributed by atoms with Crippen LogP contribution in [0.2, 0.25) is 0 Å². The Morgan fingerprint density at radius 3 is 2.77 bits per heavy atom. The number of aryl methyl sites for hydroxylation is 1. The molecule has 1 unspecified atom stereocenters. The Morgan fingerprint density at radius 1 is 1.46 bits per heavy atom. The second-order valence-electron chi connectivity index (χ2n) is 3.07. The molecule has 1 rings (SSSR count). The van der Waals surface area contributed by atoms with Gasteiger partial charge in [-0.25, -0.2) is 0 Å². The molecule has 0 aliphatic carbocycles. The summed E-state index contributed by atoms with van der Waals surface area (Å²) in [5.74, 6) is 0.835. The van der Waals surface area contributed by atoms with Gasteiger partial charge in [-0.3, -0.25) is 5.32 Å². The molecule has 0 fully saturated rings. The van der Waals surface area contributed by atoms with Crippen LogP contribution in [0, 0.1) is 6.92 Å². The fourth-order valence-electron chi connectivity index (χ4n) is 0.993. The minimum Gasteiger partial charge on any atom is -0.475 e. The zero-order chi connectivity index (χ0) is 9.84. The van der Waals surface area contributed by atoms with E-state index in [0.29, 0.717) is 0 Å². The third kappa shape index (κ3) is 2.63. The maximum Gasteiger partial charge on any atom is 0.147 e. The lowest BCUT2D eigenvalue weighted by atomic mass is 10.2. The highest BCUT2D eigenvalue weighted by molar-refractivity contribution is 5.47. The van der Waals surface area contributed by atoms with E-state index in [1.807, 2.05) is 39.1 Å². The summed E-state index contributed by atoms with van der Waals surface area (Å²) in [6.07, 6.45) is 0.000463. The minimum absolute atomic E-state index is 0.000463. The van der Waals surface area contributed by atoms with Crippen LogP contribution in [0.1, 0.15) is 12.5 Å². The van der Waals surface area contributed by atoms with E-state index in [4.69, 9.17) is 10.5 Å². The number of benzene rings is 1. The molecule has 1 aromatic rings. The van der Waals surface area contributed by atoms with E-state index in [1.165, 1.54) is 0 Å². The molecule has 0 bridgehead atoms. The number of hydrogen-bond acceptors (Lipinski definition) is 3. The van der Waals surface area contributed by atoms with Crippen molar-refractivity contribution in [2.24, 2.45) is 0 Å². The number of ether oxygens (including phenoxy) is 1. The third-order valence-corrected chi connectivity index (χ3v) is 1.92. The van der Waals surface area contributed by atoms with E-state index >= 15 is 0 Å². The van der Waals surface area contributed by atoms with Gasteiger partial charge in [0.15, 0.2) is 0 Å². The molecule has 3 heteroatoms. The average molecular weight is 180 g/mol. The summed E-state index contributed by atoms with van der Waals surface area (Å²) in [4.78, 5) is 0. The van der Waals surface area contributed by atoms with Crippen LogP contribution < -0.4 is 15.8 Å². The third-order valence-electron chi connectivity index (χ3n) is 1.92. The van der Waals surface area contributed by atoms with Crippen LogP contribution in [-0.4, -0.2) is 13.3 Å². The molecule has 0 saturated heterocycles. The molecule has 72 valence electrons. The average Bonchev–Trinajstić information content (AvgIpc) is 2.11. The highest BCUT2D eigenvalue weighted by Crippen LogP contribution is 2.21. The van der Waals surface area contributed by atoms with Crippen LogP contribution in [-0.2, 0) is 0 Å². The van der Waals surface area contributed by atoms with Gasteiger partial charge in [0.1, 0.15) is 12.0 Å². The van der Waals surface area contributed by atoms with Crippen molar-refractivity contribution >= 4 is 5.69 Å². The van der Waals surface area contributed by atoms with Crippen molar-refractivity contribution in [3.63, 3.8) is 0 Å². The number of hydrogen-bond donors (Lipinski definition) is 2. The van der Waals surface area contributed by atoms with Gasteiger partial charge in [0.25, 0.3) is 0 Å². The van der Waals surface area contributed by atoms with Gasteiger partial charge < -0.3 is 10.5 Å². The molecule has 0 saturated carbocycles. The van der Waals surface area contributed by atoms with Crippen molar-refractivity contribution < 1.29 is 4.74 Å². The van der Waals surface area contributed by atoms with Crippen molar-refractivity contribution in [1.29, 1.82) is 0 Å². The number of rotatable bonds is 3. The van der Waals surface area contributed by atoms with E-state index in [1.54, 1.807) is 0 Å². The van der Waals surface area contributed by atoms with E-state index in [9.17, 15) is 0 Å². The van der Waals surface area contributed by atoms with E-state index < -0.39 is 0 Å². The Labute approximate surface area is 78.9 Å². The van der Waals surface area contributed by atoms with Crippen LogP contribution in [0.5, 0.6) is 5.75 Å². The predicted molar refractivity (Wildman–Crippen MR) is 54.7 cm³/mol. The summed E-state index contributed by atoms with van der Waals surface area (Å²) >= 11 is 0. The summed E-state index contributed by atoms with van der Waals surface area (Å²) in [5, 5.41) is 3.00. The summed E-state index contributed by atoms with van der Waals surface area (Å²) in [7, 11) is 1.85. The summed E-state index contributed by atoms with van der Waals surface area (Å²) in [6.45, 7) is 3.94. The summed E-state index contributed by atoms with van der Waals surface area (Å²) in [5.41, 5.74) is 7.46. The lowest BCUT2D eigenvalue weighted by molar-refractivity contribution is 0.192. The highest BCUT2D eigenvalue weighted by atomic mass is 16.5. The number of nitrogens with one attached hydrogen (secondary N) is 1. The molecule has 13 heavy (non-hydrogen) atoms. The molecule has 0 aromatic heterocycles. The van der Waals surface area contributed by atoms with Crippen LogP contribution in [0.15, 0.2) is 18.2 Å². The second-order valence-corrected chi connectivity index (χ2v) is 3.07. The van der Waals surface area contributed by atoms with Crippen molar-refractivity contribution in [2.75, 3.05) is 12.8 Å². The molecule has 1 atom stereocenters. The number of nitrogen functional groups attached to an aromatic ring is 1. The molecular formula is C10H16N2O. The van der Waals surface area contributed by atoms with Gasteiger partial charge in [-0.05, 0) is 32.5 Å². The Hall–Kier alpha value is -1.22. The standard InChI is InChI=1S/C10H16N2O/c1-7-4-5-9(11)6-10(7)13-8(2)12-3/h4-6,8,12H,11H2,1-3H3. The Bertz CT molecular complexity index is 286. The van der Waals surface area contributed by atoms with Crippen LogP contribution >= 0.6 is 0 Å². The fraction of sp³-hybridized carbons (Fsp3) is 0.400. The molecule has 0 aliphatic rings. The van der Waals surface area contributed by atoms with Gasteiger partial charge in [0.05, 0.1) is 0 Å². The quantitative estimate of drug-likeness (QED) is 0.547. The lowest BCUT2D eigenvalue weighted by Gasteiger charge is -2.15. The maximum absolute atomic E-state index is 5.64. The number of nitrogens with two attached hydrogens (primary N) is 1. The number of anilines is 1. The maximum atomic E-state index is 5.64. The molecule has 0 amide bonds. The van der Waals surface area contributed by atoms with Crippen molar-refractivity contribution in [3.05, 3.63) is 23.8 Å². The van der Waals surface area contributed by atoms with Gasteiger partial charge in [0.2, 0.25) is 0 Å². The largest absolute Gasteiger partial charge is 0.475 e. The van der Waals surface area contributed by atoms with Crippen LogP contribution in [0.3, 0.4) is 0 Å². The Morgan fingerprint density at radius 2 is 2.15 bits per heavy atom. The Kier molecular flexibility index (Phi) is 3.14. The molecule has 3 nitrogen and oxygen atoms in total. The summed E-state index contributed by atoms with van der Waals surface area (Å²) < 4.78 is 5.58. The second kappa shape index (κ2) is 4.14. The molecule has 1 aromatic carbocycles. The first-order valence-electron chi connectivity index (χ1n) is 4.33. The minimum atomic E-state index is 0.000463. The first-order chi connectivity index (χ1) is 6.13. The van der Waals surface area contributed by atoms with Gasteiger partial charge in [-0.15, -0.1) is 0 Å². The van der Waals surface area contributed by atoms with Crippen molar-refractivity contribution in [3.8, 4) is 5.75 Å². The first-order valence-corrected chi connectivity index (χ1v) is 4.33. The van der Waals surface area contributed by atoms with Gasteiger partial charge in [-0.2, -0.15) is 0 Å². The topological polar surface area (TPSA) is 47.3 Å². The molecule has 0 spiro atoms. The monoisotopic (exact) mass is 180 g/mol. The molecular weight excluding hydrogens is 164 g/mol. The van der Waals surface area contributed by atoms with E-state index in [0.717, 1.165) is 17.0 Å². The van der Waals surface area contributed by atoms with E-state index in [-0.39, 0.29) is 6.23 Å². The zero-order valence-electron chi connectivity index (χ0n) is 8.29. The molecule has 0 aliphatic heterocycles. The van der Waals surface area contributed by atoms with Crippen LogP contribution in [0.25, 0.3) is 0 Å². The van der Waals surface area contributed by atoms with Gasteiger partial charge in [0, 0.05) is 11.8 Å². The van der Waals surface area contributed by atoms with E-state index in [2.05, 4.69) is 5.32 Å². The smallest absolute Gasteiger partial charge is 0.147 e. The zero-order valence-corrected chi connectivity index (χ0v) is 8.29. The molecule has 0 heterocycles. The highest BCUT2D eigenvalue weighted by Gasteiger charge is 2.03. The van der Waals surface area contributed by atoms with Crippen molar-refractivity contribution in [2.45, 2.75) is 20.1 Å². The molecule has 3 N–H and O–H groups in total.